The lowest BCUT2D eigenvalue weighted by atomic mass is 10.1. The Labute approximate surface area is 141 Å². The summed E-state index contributed by atoms with van der Waals surface area (Å²) in [6, 6.07) is 16.6. The predicted molar refractivity (Wildman–Crippen MR) is 96.2 cm³/mol. The van der Waals surface area contributed by atoms with Crippen LogP contribution in [0.25, 0.3) is 11.3 Å². The number of sulfonamides is 1. The maximum Gasteiger partial charge on any atom is 0.236 e. The van der Waals surface area contributed by atoms with Crippen LogP contribution in [0.4, 0.5) is 5.69 Å². The molecule has 24 heavy (non-hydrogen) atoms. The number of aromatic amines is 1. The van der Waals surface area contributed by atoms with Gasteiger partial charge in [0.25, 0.3) is 0 Å². The number of hydrogen-bond acceptors (Lipinski definition) is 3. The molecule has 0 aliphatic rings. The molecule has 0 radical (unpaired) electrons. The first-order chi connectivity index (χ1) is 11.4. The first kappa shape index (κ1) is 16.3. The molecule has 0 amide bonds. The van der Waals surface area contributed by atoms with Crippen LogP contribution in [0.1, 0.15) is 16.8 Å². The number of benzene rings is 2. The number of aromatic nitrogens is 2. The standard InChI is InChI=1S/C18H19N3O2S/c1-13-5-3-4-6-16(13)12-24(22,23)21-17-9-7-15(8-10-17)18-11-14(2)19-20-18/h3-11,21H,12H2,1-2H3,(H,19,20). The maximum absolute atomic E-state index is 12.4. The minimum Gasteiger partial charge on any atom is -0.283 e. The molecule has 124 valence electrons. The molecule has 0 bridgehead atoms. The molecule has 0 unspecified atom stereocenters. The van der Waals surface area contributed by atoms with Crippen LogP contribution in [0.2, 0.25) is 0 Å². The molecule has 3 aromatic rings. The van der Waals surface area contributed by atoms with E-state index in [1.165, 1.54) is 0 Å². The van der Waals surface area contributed by atoms with Gasteiger partial charge in [-0.15, -0.1) is 0 Å². The lowest BCUT2D eigenvalue weighted by Gasteiger charge is -2.10. The summed E-state index contributed by atoms with van der Waals surface area (Å²) in [4.78, 5) is 0. The van der Waals surface area contributed by atoms with Crippen LogP contribution < -0.4 is 4.72 Å². The van der Waals surface area contributed by atoms with Crippen LogP contribution in [-0.4, -0.2) is 18.6 Å². The Balaban J connectivity index is 1.74. The second-order valence-corrected chi connectivity index (χ2v) is 7.52. The van der Waals surface area contributed by atoms with E-state index in [-0.39, 0.29) is 5.75 Å². The number of anilines is 1. The highest BCUT2D eigenvalue weighted by Crippen LogP contribution is 2.21. The first-order valence-corrected chi connectivity index (χ1v) is 9.26. The second-order valence-electron chi connectivity index (χ2n) is 5.80. The number of aryl methyl sites for hydroxylation is 2. The van der Waals surface area contributed by atoms with Gasteiger partial charge in [0.2, 0.25) is 10.0 Å². The summed E-state index contributed by atoms with van der Waals surface area (Å²) in [6.45, 7) is 3.84. The second kappa shape index (κ2) is 6.49. The van der Waals surface area contributed by atoms with E-state index >= 15 is 0 Å². The van der Waals surface area contributed by atoms with Gasteiger partial charge >= 0.3 is 0 Å². The molecule has 1 heterocycles. The fourth-order valence-corrected chi connectivity index (χ4v) is 3.77. The van der Waals surface area contributed by atoms with Gasteiger partial charge in [-0.25, -0.2) is 8.42 Å². The van der Waals surface area contributed by atoms with Crippen molar-refractivity contribution in [2.24, 2.45) is 0 Å². The normalized spacial score (nSPS) is 11.4. The highest BCUT2D eigenvalue weighted by molar-refractivity contribution is 7.91. The Hall–Kier alpha value is -2.60. The molecule has 0 aliphatic heterocycles. The number of nitrogens with one attached hydrogen (secondary N) is 2. The van der Waals surface area contributed by atoms with Gasteiger partial charge in [0.05, 0.1) is 11.4 Å². The van der Waals surface area contributed by atoms with Gasteiger partial charge in [-0.2, -0.15) is 5.10 Å². The van der Waals surface area contributed by atoms with Crippen molar-refractivity contribution >= 4 is 15.7 Å². The minimum absolute atomic E-state index is 0.0417. The molecule has 0 spiro atoms. The molecule has 2 N–H and O–H groups in total. The highest BCUT2D eigenvalue weighted by Gasteiger charge is 2.13. The summed E-state index contributed by atoms with van der Waals surface area (Å²) >= 11 is 0. The number of hydrogen-bond donors (Lipinski definition) is 2. The molecule has 0 saturated heterocycles. The lowest BCUT2D eigenvalue weighted by molar-refractivity contribution is 0.600. The van der Waals surface area contributed by atoms with Crippen LogP contribution in [0.5, 0.6) is 0 Å². The first-order valence-electron chi connectivity index (χ1n) is 7.60. The van der Waals surface area contributed by atoms with Crippen molar-refractivity contribution in [3.05, 3.63) is 71.4 Å². The van der Waals surface area contributed by atoms with Gasteiger partial charge < -0.3 is 0 Å². The third kappa shape index (κ3) is 3.83. The Morgan fingerprint density at radius 1 is 1.04 bits per heavy atom. The summed E-state index contributed by atoms with van der Waals surface area (Å²) in [7, 11) is -3.46. The predicted octanol–water partition coefficient (Wildman–Crippen LogP) is 3.64. The molecule has 3 rings (SSSR count). The molecule has 0 atom stereocenters. The quantitative estimate of drug-likeness (QED) is 0.744. The molecule has 0 saturated carbocycles. The molecule has 5 nitrogen and oxygen atoms in total. The van der Waals surface area contributed by atoms with E-state index in [9.17, 15) is 8.42 Å². The van der Waals surface area contributed by atoms with Crippen molar-refractivity contribution in [3.63, 3.8) is 0 Å². The summed E-state index contributed by atoms with van der Waals surface area (Å²) < 4.78 is 27.3. The van der Waals surface area contributed by atoms with Crippen LogP contribution in [-0.2, 0) is 15.8 Å². The van der Waals surface area contributed by atoms with Crippen molar-refractivity contribution in [2.45, 2.75) is 19.6 Å². The zero-order chi connectivity index (χ0) is 17.2. The van der Waals surface area contributed by atoms with Crippen molar-refractivity contribution in [3.8, 4) is 11.3 Å². The van der Waals surface area contributed by atoms with Crippen LogP contribution in [0.3, 0.4) is 0 Å². The van der Waals surface area contributed by atoms with Crippen LogP contribution >= 0.6 is 0 Å². The average molecular weight is 341 g/mol. The van der Waals surface area contributed by atoms with E-state index < -0.39 is 10.0 Å². The monoisotopic (exact) mass is 341 g/mol. The van der Waals surface area contributed by atoms with E-state index in [1.54, 1.807) is 12.1 Å². The molecule has 0 aliphatic carbocycles. The molecular formula is C18H19N3O2S. The summed E-state index contributed by atoms with van der Waals surface area (Å²) in [5.74, 6) is -0.0417. The van der Waals surface area contributed by atoms with Gasteiger partial charge in [0.1, 0.15) is 0 Å². The summed E-state index contributed by atoms with van der Waals surface area (Å²) in [6.07, 6.45) is 0. The third-order valence-corrected chi connectivity index (χ3v) is 5.00. The van der Waals surface area contributed by atoms with Gasteiger partial charge in [0, 0.05) is 16.9 Å². The highest BCUT2D eigenvalue weighted by atomic mass is 32.2. The fraction of sp³-hybridized carbons (Fsp3) is 0.167. The van der Waals surface area contributed by atoms with Crippen molar-refractivity contribution in [1.29, 1.82) is 0 Å². The number of nitrogens with zero attached hydrogens (tertiary/aromatic N) is 1. The minimum atomic E-state index is -3.46. The van der Waals surface area contributed by atoms with Gasteiger partial charge in [-0.1, -0.05) is 36.4 Å². The Bertz CT molecular complexity index is 944. The number of H-pyrrole nitrogens is 1. The van der Waals surface area contributed by atoms with Crippen molar-refractivity contribution in [2.75, 3.05) is 4.72 Å². The molecule has 0 fully saturated rings. The van der Waals surface area contributed by atoms with Gasteiger partial charge in [-0.05, 0) is 43.2 Å². The summed E-state index contributed by atoms with van der Waals surface area (Å²) in [5, 5.41) is 7.08. The maximum atomic E-state index is 12.4. The van der Waals surface area contributed by atoms with Gasteiger partial charge in [0.15, 0.2) is 0 Å². The van der Waals surface area contributed by atoms with Crippen molar-refractivity contribution in [1.82, 2.24) is 10.2 Å². The SMILES string of the molecule is Cc1cc(-c2ccc(NS(=O)(=O)Cc3ccccc3C)cc2)n[nH]1. The average Bonchev–Trinajstić information content (AvgIpc) is 2.96. The molecule has 2 aromatic carbocycles. The van der Waals surface area contributed by atoms with E-state index in [0.29, 0.717) is 5.69 Å². The summed E-state index contributed by atoms with van der Waals surface area (Å²) in [5.41, 5.74) is 5.05. The largest absolute Gasteiger partial charge is 0.283 e. The number of rotatable bonds is 5. The molecule has 6 heteroatoms. The lowest BCUT2D eigenvalue weighted by Crippen LogP contribution is -2.15. The Kier molecular flexibility index (Phi) is 4.40. The molecular weight excluding hydrogens is 322 g/mol. The fourth-order valence-electron chi connectivity index (χ4n) is 2.47. The van der Waals surface area contributed by atoms with Crippen LogP contribution in [0, 0.1) is 13.8 Å². The topological polar surface area (TPSA) is 74.8 Å². The smallest absolute Gasteiger partial charge is 0.236 e. The zero-order valence-corrected chi connectivity index (χ0v) is 14.4. The Morgan fingerprint density at radius 2 is 1.75 bits per heavy atom. The zero-order valence-electron chi connectivity index (χ0n) is 13.6. The van der Waals surface area contributed by atoms with E-state index in [1.807, 2.05) is 56.3 Å². The third-order valence-electron chi connectivity index (χ3n) is 3.77. The van der Waals surface area contributed by atoms with E-state index in [0.717, 1.165) is 28.1 Å². The van der Waals surface area contributed by atoms with Gasteiger partial charge in [-0.3, -0.25) is 9.82 Å². The van der Waals surface area contributed by atoms with Crippen LogP contribution in [0.15, 0.2) is 54.6 Å². The molecule has 1 aromatic heterocycles. The van der Waals surface area contributed by atoms with E-state index in [2.05, 4.69) is 14.9 Å². The van der Waals surface area contributed by atoms with E-state index in [4.69, 9.17) is 0 Å². The van der Waals surface area contributed by atoms with Crippen molar-refractivity contribution < 1.29 is 8.42 Å². The Morgan fingerprint density at radius 3 is 2.38 bits per heavy atom.